The molecule has 2 aliphatic rings. The van der Waals surface area contributed by atoms with Crippen LogP contribution in [0.3, 0.4) is 0 Å². The normalized spacial score (nSPS) is 19.1. The summed E-state index contributed by atoms with van der Waals surface area (Å²) in [4.78, 5) is 19.0. The second-order valence-electron chi connectivity index (χ2n) is 5.27. The van der Waals surface area contributed by atoms with Crippen molar-refractivity contribution in [3.63, 3.8) is 0 Å². The van der Waals surface area contributed by atoms with E-state index in [0.717, 1.165) is 16.3 Å². The molecule has 0 aliphatic carbocycles. The number of carboxylic acid groups (broad SMARTS) is 1. The zero-order chi connectivity index (χ0) is 15.3. The molecule has 112 valence electrons. The van der Waals surface area contributed by atoms with Crippen molar-refractivity contribution >= 4 is 40.5 Å². The summed E-state index contributed by atoms with van der Waals surface area (Å²) < 4.78 is 0. The van der Waals surface area contributed by atoms with E-state index in [9.17, 15) is 9.90 Å². The predicted molar refractivity (Wildman–Crippen MR) is 89.9 cm³/mol. The topological polar surface area (TPSA) is 43.8 Å². The number of thioether (sulfide) groups is 1. The minimum atomic E-state index is -0.808. The highest BCUT2D eigenvalue weighted by molar-refractivity contribution is 8.00. The fraction of sp³-hybridized carbons (Fsp3) is 0.188. The number of benzene rings is 1. The van der Waals surface area contributed by atoms with Crippen molar-refractivity contribution in [3.8, 4) is 0 Å². The maximum atomic E-state index is 11.3. The van der Waals surface area contributed by atoms with Gasteiger partial charge in [0.05, 0.1) is 16.3 Å². The summed E-state index contributed by atoms with van der Waals surface area (Å²) in [7, 11) is 0. The highest BCUT2D eigenvalue weighted by Gasteiger charge is 2.41. The quantitative estimate of drug-likeness (QED) is 0.930. The van der Waals surface area contributed by atoms with Gasteiger partial charge in [0, 0.05) is 16.0 Å². The van der Waals surface area contributed by atoms with Crippen LogP contribution in [0.1, 0.15) is 9.75 Å². The Morgan fingerprint density at radius 3 is 2.82 bits per heavy atom. The maximum Gasteiger partial charge on any atom is 0.323 e. The monoisotopic (exact) mass is 330 g/mol. The van der Waals surface area contributed by atoms with E-state index in [4.69, 9.17) is 0 Å². The number of carbonyl (C=O) groups is 1. The van der Waals surface area contributed by atoms with E-state index in [0.29, 0.717) is 0 Å². The van der Waals surface area contributed by atoms with Gasteiger partial charge in [0.25, 0.3) is 0 Å². The molecule has 3 heterocycles. The van der Waals surface area contributed by atoms with E-state index < -0.39 is 5.97 Å². The van der Waals surface area contributed by atoms with Crippen LogP contribution < -0.4 is 4.90 Å². The SMILES string of the molecule is Cc1ccc(C2=CN3c4ccccc4SC3N2CC(=O)O)s1. The van der Waals surface area contributed by atoms with Crippen molar-refractivity contribution in [2.45, 2.75) is 17.3 Å². The van der Waals surface area contributed by atoms with Crippen LogP contribution in [0.2, 0.25) is 0 Å². The minimum Gasteiger partial charge on any atom is -0.480 e. The molecule has 0 saturated carbocycles. The number of hydrogen-bond donors (Lipinski definition) is 1. The second-order valence-corrected chi connectivity index (χ2v) is 7.65. The molecule has 2 aromatic rings. The third kappa shape index (κ3) is 2.10. The number of para-hydroxylation sites is 1. The smallest absolute Gasteiger partial charge is 0.323 e. The van der Waals surface area contributed by atoms with Crippen LogP contribution in [0.25, 0.3) is 5.70 Å². The molecule has 1 aromatic heterocycles. The first-order valence-electron chi connectivity index (χ1n) is 6.94. The standard InChI is InChI=1S/C16H14N2O2S2/c1-10-6-7-14(21-10)12-8-17-11-4-2-3-5-13(11)22-16(17)18(12)9-15(19)20/h2-8,16H,9H2,1H3,(H,19,20). The summed E-state index contributed by atoms with van der Waals surface area (Å²) >= 11 is 3.40. The van der Waals surface area contributed by atoms with Gasteiger partial charge in [-0.05, 0) is 31.2 Å². The lowest BCUT2D eigenvalue weighted by Gasteiger charge is -2.27. The molecule has 1 unspecified atom stereocenters. The minimum absolute atomic E-state index is 0.00490. The summed E-state index contributed by atoms with van der Waals surface area (Å²) in [5.41, 5.74) is 2.13. The van der Waals surface area contributed by atoms with Crippen LogP contribution in [0.15, 0.2) is 47.5 Å². The van der Waals surface area contributed by atoms with Crippen LogP contribution in [-0.4, -0.2) is 28.0 Å². The van der Waals surface area contributed by atoms with Crippen molar-refractivity contribution in [1.82, 2.24) is 4.90 Å². The molecule has 4 nitrogen and oxygen atoms in total. The van der Waals surface area contributed by atoms with Crippen LogP contribution in [-0.2, 0) is 4.79 Å². The number of aryl methyl sites for hydroxylation is 1. The van der Waals surface area contributed by atoms with Crippen molar-refractivity contribution < 1.29 is 9.90 Å². The molecule has 22 heavy (non-hydrogen) atoms. The van der Waals surface area contributed by atoms with Gasteiger partial charge in [0.1, 0.15) is 6.54 Å². The third-order valence-corrected chi connectivity index (χ3v) is 6.06. The fourth-order valence-corrected chi connectivity index (χ4v) is 4.99. The molecule has 6 heteroatoms. The highest BCUT2D eigenvalue weighted by Crippen LogP contribution is 2.50. The van der Waals surface area contributed by atoms with Gasteiger partial charge < -0.3 is 14.9 Å². The average molecular weight is 330 g/mol. The third-order valence-electron chi connectivity index (χ3n) is 3.75. The van der Waals surface area contributed by atoms with Gasteiger partial charge in [0.2, 0.25) is 0 Å². The summed E-state index contributed by atoms with van der Waals surface area (Å²) in [5, 5.41) is 9.29. The highest BCUT2D eigenvalue weighted by atomic mass is 32.2. The Hall–Kier alpha value is -1.92. The first-order valence-corrected chi connectivity index (χ1v) is 8.64. The van der Waals surface area contributed by atoms with E-state index in [-0.39, 0.29) is 12.0 Å². The fourth-order valence-electron chi connectivity index (χ4n) is 2.82. The molecule has 0 saturated heterocycles. The maximum absolute atomic E-state index is 11.3. The molecule has 0 spiro atoms. The zero-order valence-electron chi connectivity index (χ0n) is 11.9. The zero-order valence-corrected chi connectivity index (χ0v) is 13.5. The number of hydrogen-bond acceptors (Lipinski definition) is 5. The number of carboxylic acids is 1. The number of aliphatic carboxylic acids is 1. The van der Waals surface area contributed by atoms with Crippen LogP contribution in [0.5, 0.6) is 0 Å². The van der Waals surface area contributed by atoms with E-state index >= 15 is 0 Å². The lowest BCUT2D eigenvalue weighted by Crippen LogP contribution is -2.37. The number of anilines is 1. The first-order chi connectivity index (χ1) is 10.6. The lowest BCUT2D eigenvalue weighted by atomic mass is 10.3. The van der Waals surface area contributed by atoms with Gasteiger partial charge in [-0.2, -0.15) is 0 Å². The number of fused-ring (bicyclic) bond motifs is 3. The molecule has 2 aliphatic heterocycles. The van der Waals surface area contributed by atoms with E-state index in [1.807, 2.05) is 17.0 Å². The van der Waals surface area contributed by atoms with Gasteiger partial charge in [-0.1, -0.05) is 23.9 Å². The number of thiophene rings is 1. The summed E-state index contributed by atoms with van der Waals surface area (Å²) in [6.07, 6.45) is 2.08. The van der Waals surface area contributed by atoms with Crippen LogP contribution >= 0.6 is 23.1 Å². The summed E-state index contributed by atoms with van der Waals surface area (Å²) in [6, 6.07) is 12.3. The Labute approximate surface area is 136 Å². The van der Waals surface area contributed by atoms with E-state index in [2.05, 4.69) is 42.3 Å². The van der Waals surface area contributed by atoms with Crippen molar-refractivity contribution in [2.75, 3.05) is 11.4 Å². The van der Waals surface area contributed by atoms with Gasteiger partial charge in [0.15, 0.2) is 5.50 Å². The molecular weight excluding hydrogens is 316 g/mol. The number of rotatable bonds is 3. The van der Waals surface area contributed by atoms with Gasteiger partial charge >= 0.3 is 5.97 Å². The molecule has 1 N–H and O–H groups in total. The van der Waals surface area contributed by atoms with E-state index in [1.54, 1.807) is 23.1 Å². The van der Waals surface area contributed by atoms with E-state index in [1.165, 1.54) is 9.77 Å². The molecule has 0 radical (unpaired) electrons. The van der Waals surface area contributed by atoms with Crippen molar-refractivity contribution in [1.29, 1.82) is 0 Å². The molecule has 4 rings (SSSR count). The molecular formula is C16H14N2O2S2. The van der Waals surface area contributed by atoms with Gasteiger partial charge in [-0.3, -0.25) is 4.79 Å². The summed E-state index contributed by atoms with van der Waals surface area (Å²) in [5.74, 6) is -0.808. The molecule has 1 aromatic carbocycles. The largest absolute Gasteiger partial charge is 0.480 e. The second kappa shape index (κ2) is 5.07. The van der Waals surface area contributed by atoms with Crippen LogP contribution in [0, 0.1) is 6.92 Å². The van der Waals surface area contributed by atoms with Crippen molar-refractivity contribution in [3.05, 3.63) is 52.4 Å². The first kappa shape index (κ1) is 13.7. The average Bonchev–Trinajstić information content (AvgIpc) is 3.13. The lowest BCUT2D eigenvalue weighted by molar-refractivity contribution is -0.137. The Balaban J connectivity index is 1.77. The van der Waals surface area contributed by atoms with Crippen molar-refractivity contribution in [2.24, 2.45) is 0 Å². The Bertz CT molecular complexity index is 784. The summed E-state index contributed by atoms with van der Waals surface area (Å²) in [6.45, 7) is 2.07. The van der Waals surface area contributed by atoms with Gasteiger partial charge in [-0.25, -0.2) is 0 Å². The Kier molecular flexibility index (Phi) is 3.16. The molecule has 0 bridgehead atoms. The number of nitrogens with zero attached hydrogens (tertiary/aromatic N) is 2. The predicted octanol–water partition coefficient (Wildman–Crippen LogP) is 3.65. The molecule has 0 amide bonds. The Morgan fingerprint density at radius 1 is 1.27 bits per heavy atom. The van der Waals surface area contributed by atoms with Gasteiger partial charge in [-0.15, -0.1) is 11.3 Å². The van der Waals surface area contributed by atoms with Crippen LogP contribution in [0.4, 0.5) is 5.69 Å². The molecule has 0 fully saturated rings. The molecule has 1 atom stereocenters. The Morgan fingerprint density at radius 2 is 2.09 bits per heavy atom.